The lowest BCUT2D eigenvalue weighted by molar-refractivity contribution is -0.141. The maximum atomic E-state index is 12.5. The lowest BCUT2D eigenvalue weighted by Gasteiger charge is -2.13. The van der Waals surface area contributed by atoms with Gasteiger partial charge in [-0.2, -0.15) is 18.4 Å². The van der Waals surface area contributed by atoms with E-state index in [-0.39, 0.29) is 23.2 Å². The zero-order valence-corrected chi connectivity index (χ0v) is 11.1. The summed E-state index contributed by atoms with van der Waals surface area (Å²) < 4.78 is 48.7. The summed E-state index contributed by atoms with van der Waals surface area (Å²) in [5.74, 6) is -0.144. The summed E-state index contributed by atoms with van der Waals surface area (Å²) in [6.07, 6.45) is -3.07. The molecule has 0 spiro atoms. The number of halogens is 3. The molecule has 0 fully saturated rings. The Hall–Kier alpha value is -1.62. The van der Waals surface area contributed by atoms with Gasteiger partial charge in [-0.05, 0) is 19.1 Å². The molecule has 0 aliphatic carbocycles. The molecule has 19 heavy (non-hydrogen) atoms. The molecule has 2 atom stereocenters. The highest BCUT2D eigenvalue weighted by Crippen LogP contribution is 2.29. The van der Waals surface area contributed by atoms with E-state index in [0.717, 1.165) is 12.1 Å². The molecule has 104 valence electrons. The maximum absolute atomic E-state index is 12.5. The van der Waals surface area contributed by atoms with Gasteiger partial charge in [0, 0.05) is 28.9 Å². The van der Waals surface area contributed by atoms with Crippen molar-refractivity contribution in [2.75, 3.05) is 18.1 Å². The molecule has 0 amide bonds. The minimum Gasteiger partial charge on any atom is -0.368 e. The molecule has 8 heteroatoms. The summed E-state index contributed by atoms with van der Waals surface area (Å²) in [5.41, 5.74) is -1.05. The van der Waals surface area contributed by atoms with E-state index in [1.54, 1.807) is 13.0 Å². The maximum Gasteiger partial charge on any atom is 0.433 e. The first-order valence-electron chi connectivity index (χ1n) is 5.30. The summed E-state index contributed by atoms with van der Waals surface area (Å²) in [6.45, 7) is 1.86. The van der Waals surface area contributed by atoms with Crippen LogP contribution in [0.1, 0.15) is 18.2 Å². The van der Waals surface area contributed by atoms with E-state index in [0.29, 0.717) is 0 Å². The van der Waals surface area contributed by atoms with E-state index in [4.69, 9.17) is 5.26 Å². The molecule has 1 N–H and O–H groups in total. The Balaban J connectivity index is 2.98. The van der Waals surface area contributed by atoms with Crippen molar-refractivity contribution < 1.29 is 17.4 Å². The van der Waals surface area contributed by atoms with E-state index in [9.17, 15) is 17.4 Å². The summed E-state index contributed by atoms with van der Waals surface area (Å²) >= 11 is 0. The number of anilines is 1. The molecule has 1 heterocycles. The Kier molecular flexibility index (Phi) is 4.89. The van der Waals surface area contributed by atoms with Crippen LogP contribution in [0.15, 0.2) is 12.1 Å². The van der Waals surface area contributed by atoms with Crippen molar-refractivity contribution in [2.24, 2.45) is 0 Å². The summed E-state index contributed by atoms with van der Waals surface area (Å²) in [6, 6.07) is 3.58. The van der Waals surface area contributed by atoms with Crippen LogP contribution in [0.3, 0.4) is 0 Å². The lowest BCUT2D eigenvalue weighted by Crippen LogP contribution is -2.22. The monoisotopic (exact) mass is 291 g/mol. The van der Waals surface area contributed by atoms with Crippen LogP contribution in [-0.2, 0) is 17.0 Å². The number of pyridine rings is 1. The number of hydrogen-bond acceptors (Lipinski definition) is 4. The van der Waals surface area contributed by atoms with Crippen LogP contribution in [0, 0.1) is 11.3 Å². The molecule has 1 aromatic heterocycles. The van der Waals surface area contributed by atoms with Gasteiger partial charge < -0.3 is 5.32 Å². The first-order chi connectivity index (χ1) is 8.75. The van der Waals surface area contributed by atoms with Crippen molar-refractivity contribution >= 4 is 16.6 Å². The van der Waals surface area contributed by atoms with E-state index < -0.39 is 22.7 Å². The molecule has 1 aromatic rings. The zero-order valence-electron chi connectivity index (χ0n) is 10.3. The van der Waals surface area contributed by atoms with Gasteiger partial charge in [-0.3, -0.25) is 4.21 Å². The van der Waals surface area contributed by atoms with Gasteiger partial charge >= 0.3 is 6.18 Å². The van der Waals surface area contributed by atoms with Crippen molar-refractivity contribution in [3.8, 4) is 6.07 Å². The molecular weight excluding hydrogens is 279 g/mol. The number of hydrogen-bond donors (Lipinski definition) is 1. The summed E-state index contributed by atoms with van der Waals surface area (Å²) in [4.78, 5) is 3.39. The number of aromatic nitrogens is 1. The second-order valence-electron chi connectivity index (χ2n) is 3.89. The number of nitrogens with zero attached hydrogens (tertiary/aromatic N) is 2. The second kappa shape index (κ2) is 6.02. The van der Waals surface area contributed by atoms with Gasteiger partial charge in [0.05, 0.1) is 5.56 Å². The van der Waals surface area contributed by atoms with Crippen LogP contribution >= 0.6 is 0 Å². The minimum atomic E-state index is -4.57. The Morgan fingerprint density at radius 1 is 1.53 bits per heavy atom. The average Bonchev–Trinajstić information content (AvgIpc) is 2.34. The Bertz CT molecular complexity index is 525. The highest BCUT2D eigenvalue weighted by molar-refractivity contribution is 7.84. The van der Waals surface area contributed by atoms with Crippen molar-refractivity contribution in [1.82, 2.24) is 4.98 Å². The summed E-state index contributed by atoms with van der Waals surface area (Å²) in [5, 5.41) is 11.2. The third-order valence-electron chi connectivity index (χ3n) is 2.43. The molecule has 4 nitrogen and oxygen atoms in total. The fraction of sp³-hybridized carbons (Fsp3) is 0.455. The first-order valence-corrected chi connectivity index (χ1v) is 6.92. The Labute approximate surface area is 111 Å². The average molecular weight is 291 g/mol. The molecular formula is C11H12F3N3OS. The SMILES string of the molecule is CC(CNc1nc(C(F)(F)F)ccc1C#N)S(C)=O. The van der Waals surface area contributed by atoms with Crippen LogP contribution in [0.5, 0.6) is 0 Å². The quantitative estimate of drug-likeness (QED) is 0.923. The van der Waals surface area contributed by atoms with Gasteiger partial charge in [-0.25, -0.2) is 4.98 Å². The van der Waals surface area contributed by atoms with Crippen molar-refractivity contribution in [1.29, 1.82) is 5.26 Å². The van der Waals surface area contributed by atoms with E-state index >= 15 is 0 Å². The van der Waals surface area contributed by atoms with E-state index in [1.165, 1.54) is 6.26 Å². The van der Waals surface area contributed by atoms with Crippen molar-refractivity contribution in [3.63, 3.8) is 0 Å². The van der Waals surface area contributed by atoms with Crippen LogP contribution in [0.25, 0.3) is 0 Å². The highest BCUT2D eigenvalue weighted by Gasteiger charge is 2.33. The number of alkyl halides is 3. The molecule has 1 rings (SSSR count). The van der Waals surface area contributed by atoms with Crippen LogP contribution in [-0.4, -0.2) is 27.2 Å². The number of nitrogens with one attached hydrogen (secondary N) is 1. The molecule has 0 aliphatic rings. The van der Waals surface area contributed by atoms with Gasteiger partial charge in [0.1, 0.15) is 17.6 Å². The fourth-order valence-electron chi connectivity index (χ4n) is 1.20. The van der Waals surface area contributed by atoms with Gasteiger partial charge in [-0.1, -0.05) is 0 Å². The molecule has 0 saturated carbocycles. The largest absolute Gasteiger partial charge is 0.433 e. The summed E-state index contributed by atoms with van der Waals surface area (Å²) in [7, 11) is -1.11. The van der Waals surface area contributed by atoms with Crippen molar-refractivity contribution in [2.45, 2.75) is 18.3 Å². The van der Waals surface area contributed by atoms with E-state index in [1.807, 2.05) is 0 Å². The first kappa shape index (κ1) is 15.4. The molecule has 0 radical (unpaired) electrons. The second-order valence-corrected chi connectivity index (χ2v) is 5.69. The molecule has 0 aliphatic heterocycles. The predicted molar refractivity (Wildman–Crippen MR) is 66.0 cm³/mol. The molecule has 0 saturated heterocycles. The van der Waals surface area contributed by atoms with Gasteiger partial charge in [0.2, 0.25) is 0 Å². The van der Waals surface area contributed by atoms with Crippen molar-refractivity contribution in [3.05, 3.63) is 23.4 Å². The van der Waals surface area contributed by atoms with Gasteiger partial charge in [0.15, 0.2) is 0 Å². The topological polar surface area (TPSA) is 65.8 Å². The molecule has 2 unspecified atom stereocenters. The minimum absolute atomic E-state index is 0.0158. The van der Waals surface area contributed by atoms with Crippen LogP contribution in [0.2, 0.25) is 0 Å². The number of rotatable bonds is 4. The smallest absolute Gasteiger partial charge is 0.368 e. The van der Waals surface area contributed by atoms with Crippen LogP contribution < -0.4 is 5.32 Å². The normalized spacial score (nSPS) is 14.5. The lowest BCUT2D eigenvalue weighted by atomic mass is 10.2. The predicted octanol–water partition coefficient (Wildman–Crippen LogP) is 2.15. The standard InChI is InChI=1S/C11H12F3N3OS/c1-7(19(2)18)6-16-10-8(5-15)3-4-9(17-10)11(12,13)14/h3-4,7H,6H2,1-2H3,(H,16,17). The molecule has 0 aromatic carbocycles. The van der Waals surface area contributed by atoms with Gasteiger partial charge in [0.25, 0.3) is 0 Å². The van der Waals surface area contributed by atoms with Crippen LogP contribution in [0.4, 0.5) is 19.0 Å². The number of nitriles is 1. The Morgan fingerprint density at radius 3 is 2.63 bits per heavy atom. The zero-order chi connectivity index (χ0) is 14.6. The highest BCUT2D eigenvalue weighted by atomic mass is 32.2. The van der Waals surface area contributed by atoms with Gasteiger partial charge in [-0.15, -0.1) is 0 Å². The van der Waals surface area contributed by atoms with E-state index in [2.05, 4.69) is 10.3 Å². The third-order valence-corrected chi connectivity index (χ3v) is 3.73. The fourth-order valence-corrected chi connectivity index (χ4v) is 1.52. The third kappa shape index (κ3) is 4.21. The Morgan fingerprint density at radius 2 is 2.16 bits per heavy atom. The molecule has 0 bridgehead atoms.